The van der Waals surface area contributed by atoms with Gasteiger partial charge in [-0.25, -0.2) is 0 Å². The van der Waals surface area contributed by atoms with Crippen LogP contribution in [0.3, 0.4) is 0 Å². The molecular formula is C13H14O4. The van der Waals surface area contributed by atoms with Gasteiger partial charge in [-0.2, -0.15) is 0 Å². The minimum absolute atomic E-state index is 0.0809. The molecule has 0 aliphatic rings. The highest BCUT2D eigenvalue weighted by Crippen LogP contribution is 2.22. The van der Waals surface area contributed by atoms with Crippen molar-refractivity contribution in [2.24, 2.45) is 0 Å². The molecule has 0 saturated carbocycles. The van der Waals surface area contributed by atoms with E-state index in [1.807, 2.05) is 0 Å². The highest BCUT2D eigenvalue weighted by molar-refractivity contribution is 5.82. The van der Waals surface area contributed by atoms with Crippen molar-refractivity contribution in [2.45, 2.75) is 13.3 Å². The Hall–Kier alpha value is -2.10. The van der Waals surface area contributed by atoms with Gasteiger partial charge in [0.25, 0.3) is 0 Å². The Kier molecular flexibility index (Phi) is 4.94. The first-order valence-electron chi connectivity index (χ1n) is 5.28. The number of phenols is 1. The largest absolute Gasteiger partial charge is 0.507 e. The summed E-state index contributed by atoms with van der Waals surface area (Å²) in [5, 5.41) is 9.66. The molecule has 0 spiro atoms. The number of esters is 1. The number of benzene rings is 1. The molecular weight excluding hydrogens is 220 g/mol. The first kappa shape index (κ1) is 13.0. The molecule has 0 aliphatic carbocycles. The Balaban J connectivity index is 2.71. The third kappa shape index (κ3) is 3.75. The molecule has 4 heteroatoms. The second kappa shape index (κ2) is 6.48. The summed E-state index contributed by atoms with van der Waals surface area (Å²) >= 11 is 0. The fourth-order valence-corrected chi connectivity index (χ4v) is 1.31. The van der Waals surface area contributed by atoms with Gasteiger partial charge in [0.1, 0.15) is 5.75 Å². The summed E-state index contributed by atoms with van der Waals surface area (Å²) in [4.78, 5) is 21.6. The molecule has 1 rings (SSSR count). The van der Waals surface area contributed by atoms with Gasteiger partial charge in [-0.3, -0.25) is 9.59 Å². The van der Waals surface area contributed by atoms with Crippen molar-refractivity contribution in [3.8, 4) is 5.75 Å². The van der Waals surface area contributed by atoms with E-state index >= 15 is 0 Å². The van der Waals surface area contributed by atoms with Gasteiger partial charge in [0, 0.05) is 5.56 Å². The average Bonchev–Trinajstić information content (AvgIpc) is 2.32. The number of phenolic OH excluding ortho intramolecular Hbond substituents is 1. The quantitative estimate of drug-likeness (QED) is 0.626. The van der Waals surface area contributed by atoms with Crippen LogP contribution < -0.4 is 0 Å². The maximum Gasteiger partial charge on any atom is 0.309 e. The van der Waals surface area contributed by atoms with Crippen LogP contribution in [0.5, 0.6) is 5.75 Å². The molecule has 0 unspecified atom stereocenters. The van der Waals surface area contributed by atoms with E-state index in [-0.39, 0.29) is 23.7 Å². The van der Waals surface area contributed by atoms with Gasteiger partial charge in [-0.15, -0.1) is 0 Å². The smallest absolute Gasteiger partial charge is 0.309 e. The average molecular weight is 234 g/mol. The van der Waals surface area contributed by atoms with Crippen LogP contribution in [-0.4, -0.2) is 24.0 Å². The summed E-state index contributed by atoms with van der Waals surface area (Å²) in [7, 11) is 0. The summed E-state index contributed by atoms with van der Waals surface area (Å²) in [5.41, 5.74) is 0.724. The minimum Gasteiger partial charge on any atom is -0.507 e. The number of hydrogen-bond acceptors (Lipinski definition) is 4. The van der Waals surface area contributed by atoms with Gasteiger partial charge in [-0.1, -0.05) is 24.3 Å². The van der Waals surface area contributed by atoms with Crippen LogP contribution in [0.4, 0.5) is 0 Å². The van der Waals surface area contributed by atoms with E-state index in [0.717, 1.165) is 0 Å². The third-order valence-corrected chi connectivity index (χ3v) is 2.11. The molecule has 0 bridgehead atoms. The Morgan fingerprint density at radius 3 is 2.76 bits per heavy atom. The lowest BCUT2D eigenvalue weighted by Gasteiger charge is -2.01. The van der Waals surface area contributed by atoms with E-state index in [1.54, 1.807) is 31.2 Å². The lowest BCUT2D eigenvalue weighted by atomic mass is 10.1. The van der Waals surface area contributed by atoms with Crippen LogP contribution in [0.15, 0.2) is 24.3 Å². The second-order valence-corrected chi connectivity index (χ2v) is 3.31. The molecule has 0 aromatic heterocycles. The number of hydrogen-bond donors (Lipinski definition) is 1. The molecule has 17 heavy (non-hydrogen) atoms. The molecule has 1 aromatic carbocycles. The molecule has 90 valence electrons. The molecule has 0 atom stereocenters. The number of para-hydroxylation sites is 1. The van der Waals surface area contributed by atoms with Crippen LogP contribution in [0.2, 0.25) is 0 Å². The number of rotatable bonds is 5. The molecule has 1 aromatic rings. The van der Waals surface area contributed by atoms with Gasteiger partial charge >= 0.3 is 5.97 Å². The molecule has 0 heterocycles. The minimum atomic E-state index is -0.324. The van der Waals surface area contributed by atoms with E-state index < -0.39 is 0 Å². The molecule has 0 aliphatic heterocycles. The molecule has 0 saturated heterocycles. The molecule has 1 N–H and O–H groups in total. The van der Waals surface area contributed by atoms with E-state index in [4.69, 9.17) is 4.74 Å². The van der Waals surface area contributed by atoms with Gasteiger partial charge in [0.2, 0.25) is 0 Å². The Morgan fingerprint density at radius 1 is 1.41 bits per heavy atom. The van der Waals surface area contributed by atoms with Crippen molar-refractivity contribution in [3.05, 3.63) is 35.4 Å². The SMILES string of the molecule is CCOC(=O)CC=Cc1cccc(C=O)c1O. The monoisotopic (exact) mass is 234 g/mol. The first-order chi connectivity index (χ1) is 8.19. The molecule has 0 fully saturated rings. The lowest BCUT2D eigenvalue weighted by molar-refractivity contribution is -0.142. The van der Waals surface area contributed by atoms with E-state index in [1.165, 1.54) is 6.07 Å². The third-order valence-electron chi connectivity index (χ3n) is 2.11. The van der Waals surface area contributed by atoms with Crippen molar-refractivity contribution in [1.82, 2.24) is 0 Å². The summed E-state index contributed by atoms with van der Waals surface area (Å²) in [6, 6.07) is 4.84. The number of carbonyl (C=O) groups is 2. The zero-order chi connectivity index (χ0) is 12.7. The number of ether oxygens (including phenoxy) is 1. The zero-order valence-corrected chi connectivity index (χ0v) is 9.55. The van der Waals surface area contributed by atoms with Crippen molar-refractivity contribution in [1.29, 1.82) is 0 Å². The predicted octanol–water partition coefficient (Wildman–Crippen LogP) is 2.17. The van der Waals surface area contributed by atoms with Crippen LogP contribution in [0.1, 0.15) is 29.3 Å². The normalized spacial score (nSPS) is 10.4. The Bertz CT molecular complexity index is 435. The van der Waals surface area contributed by atoms with Gasteiger partial charge < -0.3 is 9.84 Å². The fourth-order valence-electron chi connectivity index (χ4n) is 1.31. The fraction of sp³-hybridized carbons (Fsp3) is 0.231. The molecule has 4 nitrogen and oxygen atoms in total. The summed E-state index contributed by atoms with van der Waals surface area (Å²) in [6.07, 6.45) is 3.89. The standard InChI is InChI=1S/C13H14O4/c1-2-17-12(15)8-4-6-10-5-3-7-11(9-14)13(10)16/h3-7,9,16H,2,8H2,1H3. The summed E-state index contributed by atoms with van der Waals surface area (Å²) in [6.45, 7) is 2.08. The number of carbonyl (C=O) groups excluding carboxylic acids is 2. The number of aromatic hydroxyl groups is 1. The zero-order valence-electron chi connectivity index (χ0n) is 9.55. The highest BCUT2D eigenvalue weighted by Gasteiger charge is 2.03. The summed E-state index contributed by atoms with van der Waals surface area (Å²) < 4.78 is 4.75. The molecule has 0 radical (unpaired) electrons. The Morgan fingerprint density at radius 2 is 2.12 bits per heavy atom. The van der Waals surface area contributed by atoms with E-state index in [2.05, 4.69) is 0 Å². The Labute approximate surface area is 99.5 Å². The van der Waals surface area contributed by atoms with Crippen molar-refractivity contribution < 1.29 is 19.4 Å². The van der Waals surface area contributed by atoms with Crippen LogP contribution >= 0.6 is 0 Å². The number of aldehydes is 1. The van der Waals surface area contributed by atoms with Crippen LogP contribution in [0, 0.1) is 0 Å². The van der Waals surface area contributed by atoms with E-state index in [9.17, 15) is 14.7 Å². The highest BCUT2D eigenvalue weighted by atomic mass is 16.5. The predicted molar refractivity (Wildman–Crippen MR) is 63.8 cm³/mol. The lowest BCUT2D eigenvalue weighted by Crippen LogP contribution is -2.01. The van der Waals surface area contributed by atoms with Gasteiger partial charge in [-0.05, 0) is 13.0 Å². The maximum atomic E-state index is 11.0. The van der Waals surface area contributed by atoms with Crippen molar-refractivity contribution >= 4 is 18.3 Å². The van der Waals surface area contributed by atoms with Crippen LogP contribution in [0.25, 0.3) is 6.08 Å². The summed E-state index contributed by atoms with van der Waals surface area (Å²) in [5.74, 6) is -0.405. The van der Waals surface area contributed by atoms with Gasteiger partial charge in [0.15, 0.2) is 6.29 Å². The topological polar surface area (TPSA) is 63.6 Å². The van der Waals surface area contributed by atoms with Crippen molar-refractivity contribution in [2.75, 3.05) is 6.61 Å². The maximum absolute atomic E-state index is 11.0. The first-order valence-corrected chi connectivity index (χ1v) is 5.28. The van der Waals surface area contributed by atoms with E-state index in [0.29, 0.717) is 18.5 Å². The second-order valence-electron chi connectivity index (χ2n) is 3.31. The van der Waals surface area contributed by atoms with Crippen molar-refractivity contribution in [3.63, 3.8) is 0 Å². The van der Waals surface area contributed by atoms with Crippen LogP contribution in [-0.2, 0) is 9.53 Å². The molecule has 0 amide bonds. The van der Waals surface area contributed by atoms with Gasteiger partial charge in [0.05, 0.1) is 18.6 Å².